The van der Waals surface area contributed by atoms with E-state index in [4.69, 9.17) is 18.9 Å². The summed E-state index contributed by atoms with van der Waals surface area (Å²) in [4.78, 5) is 44.6. The number of amides is 1. The van der Waals surface area contributed by atoms with Crippen molar-refractivity contribution in [2.75, 3.05) is 6.61 Å². The molecule has 0 aromatic carbocycles. The second-order valence-corrected chi connectivity index (χ2v) is 4.76. The maximum atomic E-state index is 11.3. The minimum Gasteiger partial charge on any atom is -0.463 e. The van der Waals surface area contributed by atoms with Gasteiger partial charge in [0, 0.05) is 27.7 Å². The van der Waals surface area contributed by atoms with Gasteiger partial charge >= 0.3 is 17.9 Å². The first-order valence-corrected chi connectivity index (χ1v) is 6.61. The molecule has 1 aliphatic rings. The molecule has 0 aliphatic carbocycles. The van der Waals surface area contributed by atoms with E-state index in [9.17, 15) is 19.2 Å². The third-order valence-corrected chi connectivity index (χ3v) is 2.74. The van der Waals surface area contributed by atoms with Crippen LogP contribution in [0.3, 0.4) is 0 Å². The van der Waals surface area contributed by atoms with E-state index >= 15 is 0 Å². The van der Waals surface area contributed by atoms with Crippen molar-refractivity contribution in [1.82, 2.24) is 5.32 Å². The molecular formula is C13H19NO8. The Morgan fingerprint density at radius 2 is 1.55 bits per heavy atom. The van der Waals surface area contributed by atoms with Crippen molar-refractivity contribution in [2.24, 2.45) is 0 Å². The zero-order chi connectivity index (χ0) is 16.9. The minimum absolute atomic E-state index is 0.185. The molecule has 9 nitrogen and oxygen atoms in total. The highest BCUT2D eigenvalue weighted by Gasteiger charge is 2.49. The lowest BCUT2D eigenvalue weighted by Crippen LogP contribution is -2.50. The van der Waals surface area contributed by atoms with Crippen LogP contribution >= 0.6 is 0 Å². The Bertz CT molecular complexity index is 463. The predicted octanol–water partition coefficient (Wildman–Crippen LogP) is -0.726. The molecule has 0 radical (unpaired) electrons. The lowest BCUT2D eigenvalue weighted by atomic mass is 10.1. The number of ether oxygens (including phenoxy) is 4. The molecule has 0 bridgehead atoms. The van der Waals surface area contributed by atoms with Gasteiger partial charge in [0.2, 0.25) is 12.2 Å². The van der Waals surface area contributed by atoms with Gasteiger partial charge in [0.1, 0.15) is 18.8 Å². The summed E-state index contributed by atoms with van der Waals surface area (Å²) in [7, 11) is 0. The Kier molecular flexibility index (Phi) is 6.29. The van der Waals surface area contributed by atoms with E-state index in [2.05, 4.69) is 5.32 Å². The number of hydrogen-bond acceptors (Lipinski definition) is 8. The van der Waals surface area contributed by atoms with Crippen LogP contribution in [0.5, 0.6) is 0 Å². The summed E-state index contributed by atoms with van der Waals surface area (Å²) in [5, 5.41) is 2.55. The fourth-order valence-corrected chi connectivity index (χ4v) is 2.05. The normalized spacial score (nSPS) is 26.9. The van der Waals surface area contributed by atoms with Crippen LogP contribution in [-0.2, 0) is 38.1 Å². The Hall–Kier alpha value is -2.16. The topological polar surface area (TPSA) is 117 Å². The van der Waals surface area contributed by atoms with Crippen LogP contribution in [0.25, 0.3) is 0 Å². The van der Waals surface area contributed by atoms with E-state index < -0.39 is 48.4 Å². The van der Waals surface area contributed by atoms with Crippen LogP contribution in [-0.4, -0.2) is 55.0 Å². The molecule has 124 valence electrons. The molecule has 0 aromatic rings. The van der Waals surface area contributed by atoms with Crippen LogP contribution < -0.4 is 5.32 Å². The second-order valence-electron chi connectivity index (χ2n) is 4.76. The first kappa shape index (κ1) is 17.9. The zero-order valence-corrected chi connectivity index (χ0v) is 12.8. The largest absolute Gasteiger partial charge is 0.463 e. The van der Waals surface area contributed by atoms with E-state index in [0.29, 0.717) is 0 Å². The molecule has 9 heteroatoms. The van der Waals surface area contributed by atoms with Gasteiger partial charge in [-0.25, -0.2) is 0 Å². The smallest absolute Gasteiger partial charge is 0.305 e. The summed E-state index contributed by atoms with van der Waals surface area (Å²) >= 11 is 0. The molecule has 4 atom stereocenters. The van der Waals surface area contributed by atoms with Crippen molar-refractivity contribution in [3.05, 3.63) is 0 Å². The highest BCUT2D eigenvalue weighted by molar-refractivity contribution is 5.74. The highest BCUT2D eigenvalue weighted by Crippen LogP contribution is 2.26. The second kappa shape index (κ2) is 7.74. The Balaban J connectivity index is 2.94. The molecule has 0 saturated carbocycles. The first-order valence-electron chi connectivity index (χ1n) is 6.61. The number of esters is 3. The summed E-state index contributed by atoms with van der Waals surface area (Å²) in [6, 6.07) is -0.815. The molecule has 0 spiro atoms. The molecule has 0 unspecified atom stereocenters. The molecule has 1 fully saturated rings. The van der Waals surface area contributed by atoms with Gasteiger partial charge in [0.25, 0.3) is 0 Å². The van der Waals surface area contributed by atoms with Crippen LogP contribution in [0.4, 0.5) is 0 Å². The highest BCUT2D eigenvalue weighted by atomic mass is 16.7. The average molecular weight is 317 g/mol. The third kappa shape index (κ3) is 5.32. The van der Waals surface area contributed by atoms with Crippen molar-refractivity contribution in [3.8, 4) is 0 Å². The van der Waals surface area contributed by atoms with Crippen LogP contribution in [0.1, 0.15) is 27.7 Å². The van der Waals surface area contributed by atoms with E-state index in [1.807, 2.05) is 0 Å². The lowest BCUT2D eigenvalue weighted by molar-refractivity contribution is -0.196. The lowest BCUT2D eigenvalue weighted by Gasteiger charge is -2.23. The monoisotopic (exact) mass is 317 g/mol. The summed E-state index contributed by atoms with van der Waals surface area (Å²) in [6.07, 6.45) is -3.05. The molecule has 22 heavy (non-hydrogen) atoms. The number of rotatable bonds is 5. The summed E-state index contributed by atoms with van der Waals surface area (Å²) in [5.41, 5.74) is 0. The molecular weight excluding hydrogens is 298 g/mol. The van der Waals surface area contributed by atoms with Gasteiger partial charge in [-0.05, 0) is 0 Å². The average Bonchev–Trinajstić information content (AvgIpc) is 2.63. The van der Waals surface area contributed by atoms with E-state index in [1.54, 1.807) is 0 Å². The van der Waals surface area contributed by atoms with E-state index in [0.717, 1.165) is 0 Å². The number of carbonyl (C=O) groups is 4. The zero-order valence-electron chi connectivity index (χ0n) is 12.8. The van der Waals surface area contributed by atoms with Gasteiger partial charge < -0.3 is 24.3 Å². The van der Waals surface area contributed by atoms with Crippen molar-refractivity contribution in [2.45, 2.75) is 52.2 Å². The molecule has 1 amide bonds. The van der Waals surface area contributed by atoms with E-state index in [-0.39, 0.29) is 6.61 Å². The SMILES string of the molecule is CC(=O)N[C@@H]1[C@H](OC(C)=O)[C@H](OC(C)=O)O[C@@H]1COC(C)=O. The fourth-order valence-electron chi connectivity index (χ4n) is 2.05. The Labute approximate surface area is 127 Å². The summed E-state index contributed by atoms with van der Waals surface area (Å²) in [6.45, 7) is 4.65. The predicted molar refractivity (Wildman–Crippen MR) is 70.2 cm³/mol. The van der Waals surface area contributed by atoms with E-state index in [1.165, 1.54) is 27.7 Å². The maximum Gasteiger partial charge on any atom is 0.305 e. The molecule has 1 saturated heterocycles. The van der Waals surface area contributed by atoms with Gasteiger partial charge in [0.05, 0.1) is 0 Å². The fraction of sp³-hybridized carbons (Fsp3) is 0.692. The quantitative estimate of drug-likeness (QED) is 0.521. The molecule has 1 aliphatic heterocycles. The third-order valence-electron chi connectivity index (χ3n) is 2.74. The molecule has 1 heterocycles. The van der Waals surface area contributed by atoms with Gasteiger partial charge in [0.15, 0.2) is 6.10 Å². The number of nitrogens with one attached hydrogen (secondary N) is 1. The van der Waals surface area contributed by atoms with Crippen molar-refractivity contribution >= 4 is 23.8 Å². The Morgan fingerprint density at radius 1 is 0.955 bits per heavy atom. The Morgan fingerprint density at radius 3 is 2.00 bits per heavy atom. The van der Waals surface area contributed by atoms with Crippen LogP contribution in [0.2, 0.25) is 0 Å². The van der Waals surface area contributed by atoms with Crippen molar-refractivity contribution in [3.63, 3.8) is 0 Å². The first-order chi connectivity index (χ1) is 10.2. The van der Waals surface area contributed by atoms with Crippen molar-refractivity contribution < 1.29 is 38.1 Å². The van der Waals surface area contributed by atoms with Gasteiger partial charge in [-0.1, -0.05) is 0 Å². The molecule has 1 rings (SSSR count). The van der Waals surface area contributed by atoms with Crippen LogP contribution in [0, 0.1) is 0 Å². The standard InChI is InChI=1S/C13H19NO8/c1-6(15)14-11-10(5-19-7(2)16)22-13(21-9(4)18)12(11)20-8(3)17/h10-13H,5H2,1-4H3,(H,14,15)/t10-,11+,12+,13-/m1/s1. The summed E-state index contributed by atoms with van der Waals surface area (Å²) in [5.74, 6) is -2.21. The van der Waals surface area contributed by atoms with Gasteiger partial charge in [-0.2, -0.15) is 0 Å². The summed E-state index contributed by atoms with van der Waals surface area (Å²) < 4.78 is 20.3. The van der Waals surface area contributed by atoms with Gasteiger partial charge in [-0.15, -0.1) is 0 Å². The van der Waals surface area contributed by atoms with Gasteiger partial charge in [-0.3, -0.25) is 19.2 Å². The molecule has 0 aromatic heterocycles. The number of hydrogen-bond donors (Lipinski definition) is 1. The minimum atomic E-state index is -1.20. The van der Waals surface area contributed by atoms with Crippen molar-refractivity contribution in [1.29, 1.82) is 0 Å². The molecule has 1 N–H and O–H groups in total. The van der Waals surface area contributed by atoms with Crippen LogP contribution in [0.15, 0.2) is 0 Å². The maximum absolute atomic E-state index is 11.3. The number of carbonyl (C=O) groups excluding carboxylic acids is 4.